The van der Waals surface area contributed by atoms with Crippen LogP contribution < -0.4 is 10.1 Å². The minimum absolute atomic E-state index is 0.258. The summed E-state index contributed by atoms with van der Waals surface area (Å²) in [6.45, 7) is 8.00. The first kappa shape index (κ1) is 29.9. The average Bonchev–Trinajstić information content (AvgIpc) is 2.94. The Balaban J connectivity index is 0.00000121. The first-order chi connectivity index (χ1) is 18.3. The van der Waals surface area contributed by atoms with Crippen molar-refractivity contribution in [2.24, 2.45) is 10.2 Å². The summed E-state index contributed by atoms with van der Waals surface area (Å²) in [4.78, 5) is 11.8. The number of nitrogens with zero attached hydrogens (tertiary/aromatic N) is 2. The van der Waals surface area contributed by atoms with Crippen LogP contribution in [0.15, 0.2) is 94.0 Å². The fourth-order valence-electron chi connectivity index (χ4n) is 3.27. The summed E-state index contributed by atoms with van der Waals surface area (Å²) in [5.41, 5.74) is 0.778. The van der Waals surface area contributed by atoms with Gasteiger partial charge >= 0.3 is 0 Å². The second-order valence-corrected chi connectivity index (χ2v) is 8.59. The van der Waals surface area contributed by atoms with Crippen molar-refractivity contribution in [2.45, 2.75) is 32.6 Å². The number of azo groups is 1. The molecule has 0 aliphatic carbocycles. The number of amides is 1. The largest absolute Gasteiger partial charge is 0.505 e. The van der Waals surface area contributed by atoms with E-state index >= 15 is 0 Å². The molecule has 0 aliphatic heterocycles. The molecule has 1 amide bonds. The second-order valence-electron chi connectivity index (χ2n) is 7.20. The topological polar surface area (TPSA) is 138 Å². The molecule has 4 aromatic rings. The van der Waals surface area contributed by atoms with Crippen molar-refractivity contribution < 1.29 is 27.6 Å². The molecule has 0 aliphatic rings. The molecule has 0 fully saturated rings. The Hall–Kier alpha value is -4.28. The first-order valence-electron chi connectivity index (χ1n) is 12.0. The smallest absolute Gasteiger partial charge is 0.296 e. The van der Waals surface area contributed by atoms with E-state index < -0.39 is 26.5 Å². The fraction of sp³-hybridized carbons (Fsp3) is 0.179. The summed E-state index contributed by atoms with van der Waals surface area (Å²) in [5, 5.41) is 21.8. The van der Waals surface area contributed by atoms with Gasteiger partial charge < -0.3 is 15.2 Å². The van der Waals surface area contributed by atoms with Gasteiger partial charge in [-0.3, -0.25) is 9.35 Å². The third kappa shape index (κ3) is 7.37. The lowest BCUT2D eigenvalue weighted by molar-refractivity contribution is 0.102. The maximum absolute atomic E-state index is 12.4. The molecule has 3 N–H and O–H groups in total. The number of anilines is 1. The highest BCUT2D eigenvalue weighted by atomic mass is 32.2. The van der Waals surface area contributed by atoms with Crippen LogP contribution in [0.5, 0.6) is 11.5 Å². The normalized spacial score (nSPS) is 10.7. The van der Waals surface area contributed by atoms with E-state index in [1.807, 2.05) is 27.7 Å². The van der Waals surface area contributed by atoms with Crippen LogP contribution in [0.1, 0.15) is 38.1 Å². The van der Waals surface area contributed by atoms with Crippen molar-refractivity contribution >= 4 is 43.9 Å². The quantitative estimate of drug-likeness (QED) is 0.172. The van der Waals surface area contributed by atoms with Crippen LogP contribution in [0.3, 0.4) is 0 Å². The molecule has 0 unspecified atom stereocenters. The minimum Gasteiger partial charge on any atom is -0.505 e. The van der Waals surface area contributed by atoms with Gasteiger partial charge in [-0.1, -0.05) is 45.9 Å². The molecule has 0 atom stereocenters. The molecular formula is C28H31N3O6S. The van der Waals surface area contributed by atoms with Crippen LogP contribution in [0.4, 0.5) is 17.1 Å². The van der Waals surface area contributed by atoms with Gasteiger partial charge in [-0.05, 0) is 66.0 Å². The minimum atomic E-state index is -4.76. The number of hydrogen-bond acceptors (Lipinski definition) is 7. The van der Waals surface area contributed by atoms with Crippen molar-refractivity contribution in [1.82, 2.24) is 0 Å². The van der Waals surface area contributed by atoms with Crippen molar-refractivity contribution in [1.29, 1.82) is 0 Å². The number of benzene rings is 4. The van der Waals surface area contributed by atoms with E-state index in [-0.39, 0.29) is 16.7 Å². The lowest BCUT2D eigenvalue weighted by Gasteiger charge is -2.11. The van der Waals surface area contributed by atoms with Gasteiger partial charge in [-0.2, -0.15) is 13.5 Å². The number of rotatable bonds is 6. The molecule has 4 aromatic carbocycles. The zero-order chi connectivity index (χ0) is 28.3. The molecule has 0 bridgehead atoms. The number of ether oxygens (including phenoxy) is 1. The number of hydrogen-bond donors (Lipinski definition) is 3. The third-order valence-corrected chi connectivity index (χ3v) is 5.83. The highest BCUT2D eigenvalue weighted by Crippen LogP contribution is 2.42. The van der Waals surface area contributed by atoms with E-state index in [9.17, 15) is 22.9 Å². The number of carbonyl (C=O) groups is 1. The monoisotopic (exact) mass is 537 g/mol. The molecule has 0 spiro atoms. The maximum atomic E-state index is 12.4. The van der Waals surface area contributed by atoms with Crippen molar-refractivity contribution in [3.63, 3.8) is 0 Å². The maximum Gasteiger partial charge on any atom is 0.296 e. The zero-order valence-corrected chi connectivity index (χ0v) is 22.7. The number of nitrogens with one attached hydrogen (secondary N) is 1. The molecule has 38 heavy (non-hydrogen) atoms. The highest BCUT2D eigenvalue weighted by molar-refractivity contribution is 7.86. The van der Waals surface area contributed by atoms with Crippen molar-refractivity contribution in [3.8, 4) is 11.5 Å². The molecule has 9 nitrogen and oxygen atoms in total. The summed E-state index contributed by atoms with van der Waals surface area (Å²) in [6.07, 6.45) is 0. The summed E-state index contributed by atoms with van der Waals surface area (Å²) in [6, 6.07) is 20.7. The molecular weight excluding hydrogens is 506 g/mol. The summed E-state index contributed by atoms with van der Waals surface area (Å²) < 4.78 is 38.9. The highest BCUT2D eigenvalue weighted by Gasteiger charge is 2.22. The first-order valence-corrected chi connectivity index (χ1v) is 13.4. The third-order valence-electron chi connectivity index (χ3n) is 4.96. The van der Waals surface area contributed by atoms with E-state index in [0.29, 0.717) is 22.7 Å². The summed E-state index contributed by atoms with van der Waals surface area (Å²) in [5.74, 6) is -0.242. The molecule has 0 saturated heterocycles. The number of phenols is 1. The lowest BCUT2D eigenvalue weighted by atomic mass is 10.1. The molecule has 0 saturated carbocycles. The summed E-state index contributed by atoms with van der Waals surface area (Å²) in [7, 11) is -3.25. The van der Waals surface area contributed by atoms with Crippen LogP contribution in [-0.2, 0) is 10.1 Å². The standard InChI is InChI=1S/C24H19N3O6S.2C2H6/c1-33-19-10-7-17(8-11-19)26-27-22-21(34(30,31)32)14-16-13-18(9-12-20(16)23(22)28)25-24(29)15-5-3-2-4-6-15;2*1-2/h2-14,28H,1H3,(H,25,29)(H,30,31,32);2*1-2H3. The van der Waals surface area contributed by atoms with Gasteiger partial charge in [-0.15, -0.1) is 5.11 Å². The Morgan fingerprint density at radius 1 is 0.868 bits per heavy atom. The van der Waals surface area contributed by atoms with Crippen LogP contribution >= 0.6 is 0 Å². The second kappa shape index (κ2) is 13.9. The van der Waals surface area contributed by atoms with Crippen LogP contribution in [0.25, 0.3) is 10.8 Å². The zero-order valence-electron chi connectivity index (χ0n) is 21.8. The van der Waals surface area contributed by atoms with Gasteiger partial charge in [0.05, 0.1) is 12.8 Å². The molecule has 10 heteroatoms. The van der Waals surface area contributed by atoms with Gasteiger partial charge in [0.15, 0.2) is 5.75 Å². The Bertz CT molecular complexity index is 1500. The van der Waals surface area contributed by atoms with Crippen LogP contribution in [0, 0.1) is 0 Å². The van der Waals surface area contributed by atoms with E-state index in [4.69, 9.17) is 4.74 Å². The van der Waals surface area contributed by atoms with Crippen molar-refractivity contribution in [2.75, 3.05) is 12.4 Å². The van der Waals surface area contributed by atoms with E-state index in [1.165, 1.54) is 19.2 Å². The van der Waals surface area contributed by atoms with Gasteiger partial charge in [0.2, 0.25) is 0 Å². The van der Waals surface area contributed by atoms with E-state index in [1.54, 1.807) is 60.7 Å². The van der Waals surface area contributed by atoms with E-state index in [2.05, 4.69) is 15.5 Å². The Morgan fingerprint density at radius 3 is 2.08 bits per heavy atom. The van der Waals surface area contributed by atoms with Gasteiger partial charge in [0.1, 0.15) is 16.3 Å². The SMILES string of the molecule is CC.CC.COc1ccc(N=Nc2c(S(=O)(=O)O)cc3cc(NC(=O)c4ccccc4)ccc3c2O)cc1. The molecule has 200 valence electrons. The number of fused-ring (bicyclic) bond motifs is 1. The predicted octanol–water partition coefficient (Wildman–Crippen LogP) is 7.52. The van der Waals surface area contributed by atoms with Crippen LogP contribution in [0.2, 0.25) is 0 Å². The van der Waals surface area contributed by atoms with Gasteiger partial charge in [0, 0.05) is 16.6 Å². The number of aromatic hydroxyl groups is 1. The molecule has 0 radical (unpaired) electrons. The summed E-state index contributed by atoms with van der Waals surface area (Å²) >= 11 is 0. The van der Waals surface area contributed by atoms with Crippen LogP contribution in [-0.4, -0.2) is 31.1 Å². The average molecular weight is 538 g/mol. The van der Waals surface area contributed by atoms with E-state index in [0.717, 1.165) is 6.07 Å². The molecule has 4 rings (SSSR count). The number of carbonyl (C=O) groups excluding carboxylic acids is 1. The Labute approximate surface area is 222 Å². The molecule has 0 aromatic heterocycles. The predicted molar refractivity (Wildman–Crippen MR) is 150 cm³/mol. The Kier molecular flexibility index (Phi) is 10.9. The number of methoxy groups -OCH3 is 1. The van der Waals surface area contributed by atoms with Gasteiger partial charge in [0.25, 0.3) is 16.0 Å². The number of phenolic OH excluding ortho intramolecular Hbond substituents is 1. The van der Waals surface area contributed by atoms with Gasteiger partial charge in [-0.25, -0.2) is 0 Å². The lowest BCUT2D eigenvalue weighted by Crippen LogP contribution is -2.11. The Morgan fingerprint density at radius 2 is 1.50 bits per heavy atom. The molecule has 0 heterocycles. The fourth-order valence-corrected chi connectivity index (χ4v) is 3.93. The van der Waals surface area contributed by atoms with Crippen molar-refractivity contribution in [3.05, 3.63) is 84.4 Å².